The lowest BCUT2D eigenvalue weighted by Gasteiger charge is -2.15. The minimum atomic E-state index is -0.331. The Hall–Kier alpha value is -3.44. The summed E-state index contributed by atoms with van der Waals surface area (Å²) in [6.45, 7) is -0.149. The van der Waals surface area contributed by atoms with Gasteiger partial charge in [-0.3, -0.25) is 10.1 Å². The number of para-hydroxylation sites is 1. The maximum Gasteiger partial charge on any atom is 0.214 e. The lowest BCUT2D eigenvalue weighted by Crippen LogP contribution is -2.14. The number of thiophene rings is 1. The normalized spacial score (nSPS) is 12.4. The summed E-state index contributed by atoms with van der Waals surface area (Å²) in [7, 11) is 0. The quantitative estimate of drug-likeness (QED) is 0.273. The molecule has 4 nitrogen and oxygen atoms in total. The minimum absolute atomic E-state index is 0.149. The van der Waals surface area contributed by atoms with Crippen molar-refractivity contribution in [2.75, 3.05) is 6.54 Å². The number of nitro groups is 1. The van der Waals surface area contributed by atoms with Crippen molar-refractivity contribution in [1.29, 1.82) is 0 Å². The standard InChI is InChI=1S/C24H18N2O2S/c27-26(28)15-19(16-8-2-1-3-9-16)23-18-11-5-6-12-20(18)25-24(23)22-14-17-10-4-7-13-21(17)29-22/h1-14,19,25H,15H2. The molecule has 0 fully saturated rings. The van der Waals surface area contributed by atoms with Crippen LogP contribution in [0.5, 0.6) is 0 Å². The van der Waals surface area contributed by atoms with Gasteiger partial charge in [-0.25, -0.2) is 0 Å². The Balaban J connectivity index is 1.79. The Labute approximate surface area is 171 Å². The fourth-order valence-electron chi connectivity index (χ4n) is 4.02. The van der Waals surface area contributed by atoms with Gasteiger partial charge in [-0.15, -0.1) is 11.3 Å². The van der Waals surface area contributed by atoms with E-state index in [0.717, 1.165) is 32.6 Å². The van der Waals surface area contributed by atoms with Gasteiger partial charge in [0.2, 0.25) is 6.54 Å². The Morgan fingerprint density at radius 3 is 2.45 bits per heavy atom. The molecule has 142 valence electrons. The second-order valence-electron chi connectivity index (χ2n) is 7.09. The average Bonchev–Trinajstić information content (AvgIpc) is 3.34. The zero-order valence-corrected chi connectivity index (χ0v) is 16.4. The van der Waals surface area contributed by atoms with E-state index in [1.165, 1.54) is 10.1 Å². The Kier molecular flexibility index (Phi) is 4.37. The fraction of sp³-hybridized carbons (Fsp3) is 0.0833. The van der Waals surface area contributed by atoms with Gasteiger partial charge < -0.3 is 4.98 Å². The second-order valence-corrected chi connectivity index (χ2v) is 8.17. The third kappa shape index (κ3) is 3.19. The van der Waals surface area contributed by atoms with Crippen LogP contribution in [-0.4, -0.2) is 16.5 Å². The smallest absolute Gasteiger partial charge is 0.214 e. The zero-order chi connectivity index (χ0) is 19.8. The van der Waals surface area contributed by atoms with Crippen LogP contribution in [0.15, 0.2) is 84.9 Å². The number of hydrogen-bond acceptors (Lipinski definition) is 3. The minimum Gasteiger partial charge on any atom is -0.354 e. The molecule has 1 N–H and O–H groups in total. The molecule has 2 aromatic heterocycles. The Morgan fingerprint density at radius 2 is 1.66 bits per heavy atom. The summed E-state index contributed by atoms with van der Waals surface area (Å²) in [6.07, 6.45) is 0. The van der Waals surface area contributed by atoms with Crippen molar-refractivity contribution in [3.8, 4) is 10.6 Å². The molecule has 1 unspecified atom stereocenters. The van der Waals surface area contributed by atoms with Gasteiger partial charge in [0.05, 0.1) is 16.5 Å². The van der Waals surface area contributed by atoms with E-state index < -0.39 is 0 Å². The number of H-pyrrole nitrogens is 1. The second kappa shape index (κ2) is 7.18. The molecule has 3 aromatic carbocycles. The van der Waals surface area contributed by atoms with Crippen LogP contribution >= 0.6 is 11.3 Å². The van der Waals surface area contributed by atoms with Gasteiger partial charge in [0.15, 0.2) is 0 Å². The molecule has 0 saturated carbocycles. The van der Waals surface area contributed by atoms with Gasteiger partial charge in [0.1, 0.15) is 0 Å². The maximum absolute atomic E-state index is 11.6. The van der Waals surface area contributed by atoms with Crippen LogP contribution in [0.25, 0.3) is 31.6 Å². The molecule has 0 bridgehead atoms. The summed E-state index contributed by atoms with van der Waals surface area (Å²) in [4.78, 5) is 16.0. The molecule has 0 aliphatic heterocycles. The Bertz CT molecular complexity index is 1290. The van der Waals surface area contributed by atoms with Crippen molar-refractivity contribution < 1.29 is 4.92 Å². The lowest BCUT2D eigenvalue weighted by atomic mass is 9.88. The lowest BCUT2D eigenvalue weighted by molar-refractivity contribution is -0.481. The number of aromatic nitrogens is 1. The fourth-order valence-corrected chi connectivity index (χ4v) is 5.10. The van der Waals surface area contributed by atoms with E-state index >= 15 is 0 Å². The highest BCUT2D eigenvalue weighted by Crippen LogP contribution is 2.42. The third-order valence-electron chi connectivity index (χ3n) is 5.30. The number of aromatic amines is 1. The maximum atomic E-state index is 11.6. The van der Waals surface area contributed by atoms with Crippen LogP contribution < -0.4 is 0 Å². The van der Waals surface area contributed by atoms with Gasteiger partial charge in [0.25, 0.3) is 0 Å². The molecule has 5 rings (SSSR count). The zero-order valence-electron chi connectivity index (χ0n) is 15.5. The van der Waals surface area contributed by atoms with Crippen molar-refractivity contribution in [2.45, 2.75) is 5.92 Å². The summed E-state index contributed by atoms with van der Waals surface area (Å²) in [6, 6.07) is 28.3. The summed E-state index contributed by atoms with van der Waals surface area (Å²) >= 11 is 1.71. The Morgan fingerprint density at radius 1 is 0.931 bits per heavy atom. The molecule has 0 spiro atoms. The number of nitrogens with one attached hydrogen (secondary N) is 1. The molecule has 0 radical (unpaired) electrons. The molecule has 5 aromatic rings. The highest BCUT2D eigenvalue weighted by Gasteiger charge is 2.27. The average molecular weight is 398 g/mol. The topological polar surface area (TPSA) is 58.9 Å². The van der Waals surface area contributed by atoms with E-state index in [1.54, 1.807) is 11.3 Å². The monoisotopic (exact) mass is 398 g/mol. The number of fused-ring (bicyclic) bond motifs is 2. The van der Waals surface area contributed by atoms with Crippen LogP contribution in [0.1, 0.15) is 17.0 Å². The first-order valence-corrected chi connectivity index (χ1v) is 10.3. The van der Waals surface area contributed by atoms with E-state index in [4.69, 9.17) is 0 Å². The van der Waals surface area contributed by atoms with Crippen LogP contribution in [0.4, 0.5) is 0 Å². The number of rotatable bonds is 5. The van der Waals surface area contributed by atoms with Crippen molar-refractivity contribution in [3.63, 3.8) is 0 Å². The largest absolute Gasteiger partial charge is 0.354 e. The van der Waals surface area contributed by atoms with E-state index in [2.05, 4.69) is 23.2 Å². The van der Waals surface area contributed by atoms with Crippen LogP contribution in [-0.2, 0) is 0 Å². The SMILES string of the molecule is O=[N+]([O-])CC(c1ccccc1)c1c(-c2cc3ccccc3s2)[nH]c2ccccc12. The van der Waals surface area contributed by atoms with Crippen LogP contribution in [0, 0.1) is 10.1 Å². The molecule has 0 aliphatic rings. The molecule has 5 heteroatoms. The van der Waals surface area contributed by atoms with E-state index in [9.17, 15) is 10.1 Å². The van der Waals surface area contributed by atoms with Crippen molar-refractivity contribution in [2.24, 2.45) is 0 Å². The summed E-state index contributed by atoms with van der Waals surface area (Å²) in [5, 5.41) is 13.8. The molecule has 2 heterocycles. The molecule has 29 heavy (non-hydrogen) atoms. The summed E-state index contributed by atoms with van der Waals surface area (Å²) < 4.78 is 1.21. The highest BCUT2D eigenvalue weighted by atomic mass is 32.1. The van der Waals surface area contributed by atoms with E-state index in [0.29, 0.717) is 0 Å². The predicted molar refractivity (Wildman–Crippen MR) is 119 cm³/mol. The van der Waals surface area contributed by atoms with Gasteiger partial charge in [-0.2, -0.15) is 0 Å². The van der Waals surface area contributed by atoms with Gasteiger partial charge in [0, 0.05) is 26.1 Å². The first-order chi connectivity index (χ1) is 14.2. The third-order valence-corrected chi connectivity index (χ3v) is 6.43. The van der Waals surface area contributed by atoms with Crippen LogP contribution in [0.2, 0.25) is 0 Å². The molecular formula is C24H18N2O2S. The molecule has 1 atom stereocenters. The van der Waals surface area contributed by atoms with Crippen LogP contribution in [0.3, 0.4) is 0 Å². The van der Waals surface area contributed by atoms with Crippen molar-refractivity contribution >= 4 is 32.3 Å². The first kappa shape index (κ1) is 17.6. The van der Waals surface area contributed by atoms with E-state index in [-0.39, 0.29) is 17.4 Å². The van der Waals surface area contributed by atoms with Gasteiger partial charge in [-0.05, 0) is 29.1 Å². The number of hydrogen-bond donors (Lipinski definition) is 1. The predicted octanol–water partition coefficient (Wildman–Crippen LogP) is 6.46. The summed E-state index contributed by atoms with van der Waals surface area (Å²) in [5.41, 5.74) is 3.92. The van der Waals surface area contributed by atoms with Crippen molar-refractivity contribution in [1.82, 2.24) is 4.98 Å². The molecule has 0 amide bonds. The number of benzene rings is 3. The molecule has 0 saturated heterocycles. The number of nitrogens with zero attached hydrogens (tertiary/aromatic N) is 1. The van der Waals surface area contributed by atoms with Crippen molar-refractivity contribution in [3.05, 3.63) is 106 Å². The van der Waals surface area contributed by atoms with Gasteiger partial charge in [-0.1, -0.05) is 66.7 Å². The summed E-state index contributed by atoms with van der Waals surface area (Å²) in [5.74, 6) is -0.331. The van der Waals surface area contributed by atoms with E-state index in [1.807, 2.05) is 66.7 Å². The first-order valence-electron chi connectivity index (χ1n) is 9.47. The highest BCUT2D eigenvalue weighted by molar-refractivity contribution is 7.22. The van der Waals surface area contributed by atoms with Gasteiger partial charge >= 0.3 is 0 Å². The molecular weight excluding hydrogens is 380 g/mol. The molecule has 0 aliphatic carbocycles.